The number of hydrogen-bond acceptors (Lipinski definition) is 4. The summed E-state index contributed by atoms with van der Waals surface area (Å²) >= 11 is 0. The molecule has 0 spiro atoms. The molecule has 2 fully saturated rings. The van der Waals surface area contributed by atoms with Crippen LogP contribution in [0.3, 0.4) is 0 Å². The minimum atomic E-state index is -4.47. The van der Waals surface area contributed by atoms with Gasteiger partial charge in [0.1, 0.15) is 0 Å². The van der Waals surface area contributed by atoms with Crippen LogP contribution >= 0.6 is 0 Å². The lowest BCUT2D eigenvalue weighted by atomic mass is 10.1. The molecule has 1 aromatic heterocycles. The highest BCUT2D eigenvalue weighted by atomic mass is 19.4. The standard InChI is InChI=1S/C13H17F3N4/c1-8-10(5-18-12(19-8)13(14,15)16)7-20-3-2-9-4-17-6-11(9)20/h5,9,11,17H,2-4,6-7H2,1H3/t9-,11+/m0/s1. The molecule has 0 aliphatic carbocycles. The van der Waals surface area contributed by atoms with Gasteiger partial charge in [-0.05, 0) is 32.4 Å². The molecule has 0 radical (unpaired) electrons. The maximum absolute atomic E-state index is 12.5. The highest BCUT2D eigenvalue weighted by Crippen LogP contribution is 2.30. The topological polar surface area (TPSA) is 41.1 Å². The molecule has 2 aliphatic rings. The van der Waals surface area contributed by atoms with Gasteiger partial charge in [0.05, 0.1) is 0 Å². The lowest BCUT2D eigenvalue weighted by molar-refractivity contribution is -0.145. The second-order valence-corrected chi connectivity index (χ2v) is 5.55. The molecule has 2 saturated heterocycles. The Morgan fingerprint density at radius 1 is 1.40 bits per heavy atom. The number of likely N-dealkylation sites (tertiary alicyclic amines) is 1. The van der Waals surface area contributed by atoms with Crippen molar-refractivity contribution in [3.05, 3.63) is 23.3 Å². The molecule has 2 atom stereocenters. The van der Waals surface area contributed by atoms with Crippen molar-refractivity contribution in [3.63, 3.8) is 0 Å². The molecule has 2 aliphatic heterocycles. The Balaban J connectivity index is 1.75. The van der Waals surface area contributed by atoms with Crippen molar-refractivity contribution >= 4 is 0 Å². The van der Waals surface area contributed by atoms with Crippen molar-refractivity contribution in [3.8, 4) is 0 Å². The van der Waals surface area contributed by atoms with Gasteiger partial charge in [-0.3, -0.25) is 4.90 Å². The molecule has 3 rings (SSSR count). The zero-order valence-corrected chi connectivity index (χ0v) is 11.2. The van der Waals surface area contributed by atoms with Gasteiger partial charge < -0.3 is 5.32 Å². The van der Waals surface area contributed by atoms with Crippen LogP contribution in [0, 0.1) is 12.8 Å². The van der Waals surface area contributed by atoms with Crippen LogP contribution in [-0.2, 0) is 12.7 Å². The summed E-state index contributed by atoms with van der Waals surface area (Å²) in [5, 5.41) is 3.36. The number of alkyl halides is 3. The molecule has 4 nitrogen and oxygen atoms in total. The highest BCUT2D eigenvalue weighted by molar-refractivity contribution is 5.17. The number of nitrogens with zero attached hydrogens (tertiary/aromatic N) is 3. The molecule has 0 amide bonds. The molecule has 1 N–H and O–H groups in total. The fourth-order valence-electron chi connectivity index (χ4n) is 3.14. The predicted molar refractivity (Wildman–Crippen MR) is 66.9 cm³/mol. The van der Waals surface area contributed by atoms with E-state index in [-0.39, 0.29) is 0 Å². The molecule has 7 heteroatoms. The predicted octanol–water partition coefficient (Wildman–Crippen LogP) is 1.60. The Bertz CT molecular complexity index is 503. The summed E-state index contributed by atoms with van der Waals surface area (Å²) in [7, 11) is 0. The molecule has 0 bridgehead atoms. The van der Waals surface area contributed by atoms with Crippen molar-refractivity contribution in [2.45, 2.75) is 32.1 Å². The molecule has 20 heavy (non-hydrogen) atoms. The number of aromatic nitrogens is 2. The third-order valence-electron chi connectivity index (χ3n) is 4.27. The van der Waals surface area contributed by atoms with Gasteiger partial charge >= 0.3 is 6.18 Å². The molecule has 110 valence electrons. The summed E-state index contributed by atoms with van der Waals surface area (Å²) < 4.78 is 37.6. The van der Waals surface area contributed by atoms with Gasteiger partial charge in [0.15, 0.2) is 0 Å². The Labute approximate surface area is 115 Å². The van der Waals surface area contributed by atoms with E-state index in [1.165, 1.54) is 6.20 Å². The van der Waals surface area contributed by atoms with Gasteiger partial charge in [0.2, 0.25) is 5.82 Å². The van der Waals surface area contributed by atoms with Crippen molar-refractivity contribution in [2.24, 2.45) is 5.92 Å². The van der Waals surface area contributed by atoms with Gasteiger partial charge in [-0.1, -0.05) is 0 Å². The average molecular weight is 286 g/mol. The first kappa shape index (κ1) is 13.8. The Kier molecular flexibility index (Phi) is 3.41. The first-order valence-corrected chi connectivity index (χ1v) is 6.79. The van der Waals surface area contributed by atoms with Gasteiger partial charge in [-0.15, -0.1) is 0 Å². The van der Waals surface area contributed by atoms with E-state index in [0.717, 1.165) is 31.6 Å². The average Bonchev–Trinajstić information content (AvgIpc) is 2.95. The van der Waals surface area contributed by atoms with E-state index in [1.54, 1.807) is 6.92 Å². The normalized spacial score (nSPS) is 27.0. The van der Waals surface area contributed by atoms with Gasteiger partial charge in [0, 0.05) is 36.6 Å². The van der Waals surface area contributed by atoms with Crippen LogP contribution in [0.15, 0.2) is 6.20 Å². The molecule has 0 unspecified atom stereocenters. The Hall–Kier alpha value is -1.21. The first-order chi connectivity index (χ1) is 9.45. The summed E-state index contributed by atoms with van der Waals surface area (Å²) in [6.45, 7) is 5.26. The molecular formula is C13H17F3N4. The fraction of sp³-hybridized carbons (Fsp3) is 0.692. The zero-order valence-electron chi connectivity index (χ0n) is 11.2. The molecule has 1 aromatic rings. The molecule has 3 heterocycles. The summed E-state index contributed by atoms with van der Waals surface area (Å²) in [5.41, 5.74) is 1.20. The quantitative estimate of drug-likeness (QED) is 0.896. The number of rotatable bonds is 2. The summed E-state index contributed by atoms with van der Waals surface area (Å²) in [6, 6.07) is 0.497. The minimum Gasteiger partial charge on any atom is -0.315 e. The number of hydrogen-bond donors (Lipinski definition) is 1. The van der Waals surface area contributed by atoms with Gasteiger partial charge in [0.25, 0.3) is 0 Å². The van der Waals surface area contributed by atoms with E-state index < -0.39 is 12.0 Å². The van der Waals surface area contributed by atoms with E-state index in [4.69, 9.17) is 0 Å². The van der Waals surface area contributed by atoms with Gasteiger partial charge in [-0.2, -0.15) is 13.2 Å². The SMILES string of the molecule is Cc1nc(C(F)(F)F)ncc1CN1CC[C@H]2CNC[C@H]21. The fourth-order valence-corrected chi connectivity index (χ4v) is 3.14. The number of aryl methyl sites for hydroxylation is 1. The van der Waals surface area contributed by atoms with Crippen molar-refractivity contribution in [1.29, 1.82) is 0 Å². The minimum absolute atomic E-state index is 0.418. The molecule has 0 saturated carbocycles. The van der Waals surface area contributed by atoms with Crippen molar-refractivity contribution in [2.75, 3.05) is 19.6 Å². The largest absolute Gasteiger partial charge is 0.451 e. The maximum Gasteiger partial charge on any atom is 0.451 e. The van der Waals surface area contributed by atoms with Crippen LogP contribution in [0.5, 0.6) is 0 Å². The van der Waals surface area contributed by atoms with Crippen LogP contribution in [0.2, 0.25) is 0 Å². The van der Waals surface area contributed by atoms with E-state index in [2.05, 4.69) is 20.2 Å². The summed E-state index contributed by atoms with van der Waals surface area (Å²) in [6.07, 6.45) is -2.00. The highest BCUT2D eigenvalue weighted by Gasteiger charge is 2.38. The van der Waals surface area contributed by atoms with E-state index >= 15 is 0 Å². The van der Waals surface area contributed by atoms with Gasteiger partial charge in [-0.25, -0.2) is 9.97 Å². The lowest BCUT2D eigenvalue weighted by Gasteiger charge is -2.23. The number of fused-ring (bicyclic) bond motifs is 1. The second-order valence-electron chi connectivity index (χ2n) is 5.55. The third kappa shape index (κ3) is 2.52. The molecular weight excluding hydrogens is 269 g/mol. The van der Waals surface area contributed by atoms with Crippen LogP contribution in [0.1, 0.15) is 23.5 Å². The second kappa shape index (κ2) is 4.96. The summed E-state index contributed by atoms with van der Waals surface area (Å²) in [4.78, 5) is 9.38. The monoisotopic (exact) mass is 286 g/mol. The number of halogens is 3. The first-order valence-electron chi connectivity index (χ1n) is 6.79. The van der Waals surface area contributed by atoms with Crippen molar-refractivity contribution < 1.29 is 13.2 Å². The van der Waals surface area contributed by atoms with E-state index in [0.29, 0.717) is 24.2 Å². The number of nitrogens with one attached hydrogen (secondary N) is 1. The lowest BCUT2D eigenvalue weighted by Crippen LogP contribution is -2.34. The van der Waals surface area contributed by atoms with Crippen LogP contribution < -0.4 is 5.32 Å². The summed E-state index contributed by atoms with van der Waals surface area (Å²) in [5.74, 6) is -0.383. The van der Waals surface area contributed by atoms with E-state index in [1.807, 2.05) is 0 Å². The van der Waals surface area contributed by atoms with Crippen LogP contribution in [0.4, 0.5) is 13.2 Å². The zero-order chi connectivity index (χ0) is 14.3. The maximum atomic E-state index is 12.5. The van der Waals surface area contributed by atoms with Crippen LogP contribution in [-0.4, -0.2) is 40.5 Å². The van der Waals surface area contributed by atoms with Crippen molar-refractivity contribution in [1.82, 2.24) is 20.2 Å². The Morgan fingerprint density at radius 2 is 2.20 bits per heavy atom. The Morgan fingerprint density at radius 3 is 2.90 bits per heavy atom. The van der Waals surface area contributed by atoms with E-state index in [9.17, 15) is 13.2 Å². The third-order valence-corrected chi connectivity index (χ3v) is 4.27. The molecule has 0 aromatic carbocycles. The smallest absolute Gasteiger partial charge is 0.315 e. The van der Waals surface area contributed by atoms with Crippen LogP contribution in [0.25, 0.3) is 0 Å².